The Bertz CT molecular complexity index is 657. The van der Waals surface area contributed by atoms with Gasteiger partial charge in [-0.15, -0.1) is 11.3 Å². The molecule has 0 saturated carbocycles. The molecule has 6 heteroatoms. The largest absolute Gasteiger partial charge is 0.351 e. The molecule has 118 valence electrons. The van der Waals surface area contributed by atoms with E-state index in [1.807, 2.05) is 25.0 Å². The first-order chi connectivity index (χ1) is 10.7. The fraction of sp³-hybridized carbons (Fsp3) is 0.500. The minimum atomic E-state index is 0.552. The average molecular weight is 317 g/mol. The Hall–Kier alpha value is -1.82. The molecule has 1 aliphatic rings. The van der Waals surface area contributed by atoms with E-state index < -0.39 is 0 Å². The van der Waals surface area contributed by atoms with E-state index in [0.29, 0.717) is 5.92 Å². The molecule has 0 bridgehead atoms. The third-order valence-electron chi connectivity index (χ3n) is 4.27. The third-order valence-corrected chi connectivity index (χ3v) is 5.29. The van der Waals surface area contributed by atoms with Gasteiger partial charge in [-0.05, 0) is 35.9 Å². The topological polar surface area (TPSA) is 45.5 Å². The smallest absolute Gasteiger partial charge is 0.193 e. The van der Waals surface area contributed by atoms with Crippen LogP contribution in [0.1, 0.15) is 28.3 Å². The molecule has 1 unspecified atom stereocenters. The maximum atomic E-state index is 4.45. The van der Waals surface area contributed by atoms with E-state index in [-0.39, 0.29) is 0 Å². The molecule has 22 heavy (non-hydrogen) atoms. The van der Waals surface area contributed by atoms with Gasteiger partial charge in [-0.1, -0.05) is 0 Å². The lowest BCUT2D eigenvalue weighted by Gasteiger charge is -2.21. The van der Waals surface area contributed by atoms with Crippen LogP contribution in [0, 0.1) is 6.92 Å². The molecule has 0 radical (unpaired) electrons. The first kappa shape index (κ1) is 15.1. The molecule has 3 rings (SSSR count). The number of thiophene rings is 1. The molecule has 1 aliphatic heterocycles. The van der Waals surface area contributed by atoms with Crippen LogP contribution in [0.3, 0.4) is 0 Å². The number of hydrogen-bond acceptors (Lipinski definition) is 3. The van der Waals surface area contributed by atoms with Crippen LogP contribution in [0.2, 0.25) is 0 Å². The van der Waals surface area contributed by atoms with E-state index in [1.165, 1.54) is 16.0 Å². The van der Waals surface area contributed by atoms with Gasteiger partial charge in [0.15, 0.2) is 5.96 Å². The number of aromatic nitrogens is 2. The van der Waals surface area contributed by atoms with Gasteiger partial charge in [-0.3, -0.25) is 9.67 Å². The van der Waals surface area contributed by atoms with E-state index in [2.05, 4.69) is 44.9 Å². The molecular formula is C16H23N5S. The molecule has 0 spiro atoms. The highest BCUT2D eigenvalue weighted by molar-refractivity contribution is 7.10. The monoisotopic (exact) mass is 317 g/mol. The fourth-order valence-electron chi connectivity index (χ4n) is 2.95. The fourth-order valence-corrected chi connectivity index (χ4v) is 3.80. The summed E-state index contributed by atoms with van der Waals surface area (Å²) in [4.78, 5) is 8.17. The maximum Gasteiger partial charge on any atom is 0.193 e. The van der Waals surface area contributed by atoms with Crippen molar-refractivity contribution < 1.29 is 0 Å². The summed E-state index contributed by atoms with van der Waals surface area (Å²) < 4.78 is 1.88. The van der Waals surface area contributed by atoms with E-state index >= 15 is 0 Å². The highest BCUT2D eigenvalue weighted by atomic mass is 32.1. The zero-order valence-electron chi connectivity index (χ0n) is 13.4. The van der Waals surface area contributed by atoms with Crippen LogP contribution in [0.5, 0.6) is 0 Å². The third kappa shape index (κ3) is 3.16. The molecule has 1 fully saturated rings. The number of nitrogens with zero attached hydrogens (tertiary/aromatic N) is 4. The van der Waals surface area contributed by atoms with Crippen molar-refractivity contribution in [3.8, 4) is 0 Å². The van der Waals surface area contributed by atoms with E-state index in [4.69, 9.17) is 0 Å². The Labute approximate surface area is 135 Å². The van der Waals surface area contributed by atoms with Crippen LogP contribution in [-0.4, -0.2) is 40.8 Å². The van der Waals surface area contributed by atoms with E-state index in [9.17, 15) is 0 Å². The van der Waals surface area contributed by atoms with Crippen molar-refractivity contribution in [2.75, 3.05) is 20.1 Å². The van der Waals surface area contributed by atoms with Gasteiger partial charge in [-0.25, -0.2) is 0 Å². The van der Waals surface area contributed by atoms with Crippen molar-refractivity contribution in [3.63, 3.8) is 0 Å². The second-order valence-corrected chi connectivity index (χ2v) is 6.81. The SMILES string of the molecule is CN=C(NCc1sccc1C)N1CCC(c2cnn(C)c2)C1. The molecule has 5 nitrogen and oxygen atoms in total. The van der Waals surface area contributed by atoms with Gasteiger partial charge >= 0.3 is 0 Å². The Kier molecular flexibility index (Phi) is 4.47. The van der Waals surface area contributed by atoms with E-state index in [1.54, 1.807) is 11.3 Å². The normalized spacial score (nSPS) is 19.0. The Morgan fingerprint density at radius 1 is 1.55 bits per heavy atom. The van der Waals surface area contributed by atoms with Crippen LogP contribution in [-0.2, 0) is 13.6 Å². The van der Waals surface area contributed by atoms with Crippen LogP contribution < -0.4 is 5.32 Å². The second kappa shape index (κ2) is 6.52. The van der Waals surface area contributed by atoms with Crippen molar-refractivity contribution in [2.24, 2.45) is 12.0 Å². The van der Waals surface area contributed by atoms with Crippen LogP contribution >= 0.6 is 11.3 Å². The van der Waals surface area contributed by atoms with Crippen LogP contribution in [0.15, 0.2) is 28.8 Å². The molecular weight excluding hydrogens is 294 g/mol. The molecule has 1 atom stereocenters. The summed E-state index contributed by atoms with van der Waals surface area (Å²) in [6, 6.07) is 2.17. The summed E-state index contributed by atoms with van der Waals surface area (Å²) in [5.41, 5.74) is 2.68. The number of nitrogens with one attached hydrogen (secondary N) is 1. The summed E-state index contributed by atoms with van der Waals surface area (Å²) in [5, 5.41) is 9.92. The zero-order chi connectivity index (χ0) is 15.5. The zero-order valence-corrected chi connectivity index (χ0v) is 14.2. The van der Waals surface area contributed by atoms with Crippen molar-refractivity contribution in [3.05, 3.63) is 39.8 Å². The summed E-state index contributed by atoms with van der Waals surface area (Å²) in [6.07, 6.45) is 5.27. The molecule has 2 aromatic heterocycles. The maximum absolute atomic E-state index is 4.45. The number of guanidine groups is 1. The summed E-state index contributed by atoms with van der Waals surface area (Å²) in [6.45, 7) is 5.06. The molecule has 0 aromatic carbocycles. The van der Waals surface area contributed by atoms with Gasteiger partial charge in [0.1, 0.15) is 0 Å². The Morgan fingerprint density at radius 2 is 2.41 bits per heavy atom. The first-order valence-corrected chi connectivity index (χ1v) is 8.52. The first-order valence-electron chi connectivity index (χ1n) is 7.64. The lowest BCUT2D eigenvalue weighted by Crippen LogP contribution is -2.39. The highest BCUT2D eigenvalue weighted by Crippen LogP contribution is 2.26. The van der Waals surface area contributed by atoms with Gasteiger partial charge in [0.25, 0.3) is 0 Å². The van der Waals surface area contributed by atoms with Crippen molar-refractivity contribution in [1.82, 2.24) is 20.0 Å². The number of aliphatic imine (C=N–C) groups is 1. The summed E-state index contributed by atoms with van der Waals surface area (Å²) in [5.74, 6) is 1.55. The predicted molar refractivity (Wildman–Crippen MR) is 91.4 cm³/mol. The molecule has 0 amide bonds. The Morgan fingerprint density at radius 3 is 3.05 bits per heavy atom. The van der Waals surface area contributed by atoms with Crippen LogP contribution in [0.25, 0.3) is 0 Å². The number of aryl methyl sites for hydroxylation is 2. The second-order valence-electron chi connectivity index (χ2n) is 5.81. The molecule has 1 N–H and O–H groups in total. The summed E-state index contributed by atoms with van der Waals surface area (Å²) in [7, 11) is 3.83. The van der Waals surface area contributed by atoms with E-state index in [0.717, 1.165) is 32.0 Å². The van der Waals surface area contributed by atoms with Crippen molar-refractivity contribution in [2.45, 2.75) is 25.8 Å². The lowest BCUT2D eigenvalue weighted by atomic mass is 10.0. The number of likely N-dealkylation sites (tertiary alicyclic amines) is 1. The average Bonchev–Trinajstić information content (AvgIpc) is 3.22. The quantitative estimate of drug-likeness (QED) is 0.698. The van der Waals surface area contributed by atoms with Crippen molar-refractivity contribution >= 4 is 17.3 Å². The molecule has 1 saturated heterocycles. The van der Waals surface area contributed by atoms with Crippen LogP contribution in [0.4, 0.5) is 0 Å². The molecule has 3 heterocycles. The Balaban J connectivity index is 1.59. The minimum Gasteiger partial charge on any atom is -0.351 e. The predicted octanol–water partition coefficient (Wildman–Crippen LogP) is 2.35. The van der Waals surface area contributed by atoms with Gasteiger partial charge in [0.05, 0.1) is 12.7 Å². The lowest BCUT2D eigenvalue weighted by molar-refractivity contribution is 0.486. The number of hydrogen-bond donors (Lipinski definition) is 1. The molecule has 0 aliphatic carbocycles. The standard InChI is InChI=1S/C16H23N5S/c1-12-5-7-22-15(12)9-18-16(17-2)21-6-4-13(11-21)14-8-19-20(3)10-14/h5,7-8,10,13H,4,6,9,11H2,1-3H3,(H,17,18). The van der Waals surface area contributed by atoms with Gasteiger partial charge in [0, 0.05) is 44.2 Å². The van der Waals surface area contributed by atoms with Gasteiger partial charge < -0.3 is 10.2 Å². The van der Waals surface area contributed by atoms with Gasteiger partial charge in [-0.2, -0.15) is 5.10 Å². The minimum absolute atomic E-state index is 0.552. The van der Waals surface area contributed by atoms with Crippen molar-refractivity contribution in [1.29, 1.82) is 0 Å². The number of rotatable bonds is 3. The highest BCUT2D eigenvalue weighted by Gasteiger charge is 2.26. The summed E-state index contributed by atoms with van der Waals surface area (Å²) >= 11 is 1.80. The van der Waals surface area contributed by atoms with Gasteiger partial charge in [0.2, 0.25) is 0 Å². The molecule has 2 aromatic rings.